The fraction of sp³-hybridized carbons (Fsp3) is 0.833. The summed E-state index contributed by atoms with van der Waals surface area (Å²) in [6, 6.07) is 0. The Hall–Kier alpha value is -1.10. The molecule has 0 spiro atoms. The molecule has 0 aliphatic heterocycles. The standard InChI is InChI=1S/C7H14O2.C5H10O3/c1-3-5-7(8)9-6-4-2;1-7-4-3-5(6)8-2/h3-6H2,1-2H3;3-4H2,1-2H3. The zero-order valence-corrected chi connectivity index (χ0v) is 11.3. The van der Waals surface area contributed by atoms with Crippen LogP contribution in [-0.4, -0.2) is 39.4 Å². The van der Waals surface area contributed by atoms with Gasteiger partial charge < -0.3 is 14.2 Å². The Morgan fingerprint density at radius 2 is 1.53 bits per heavy atom. The van der Waals surface area contributed by atoms with Gasteiger partial charge in [-0.25, -0.2) is 0 Å². The maximum atomic E-state index is 10.6. The van der Waals surface area contributed by atoms with Gasteiger partial charge >= 0.3 is 11.9 Å². The third kappa shape index (κ3) is 17.5. The predicted molar refractivity (Wildman–Crippen MR) is 64.7 cm³/mol. The van der Waals surface area contributed by atoms with Crippen molar-refractivity contribution in [2.45, 2.75) is 39.5 Å². The van der Waals surface area contributed by atoms with Gasteiger partial charge in [0.1, 0.15) is 0 Å². The van der Waals surface area contributed by atoms with Crippen LogP contribution in [0.15, 0.2) is 0 Å². The lowest BCUT2D eigenvalue weighted by molar-refractivity contribution is -0.144. The van der Waals surface area contributed by atoms with E-state index in [1.165, 1.54) is 7.11 Å². The van der Waals surface area contributed by atoms with E-state index in [4.69, 9.17) is 4.74 Å². The Bertz CT molecular complexity index is 191. The van der Waals surface area contributed by atoms with E-state index in [0.29, 0.717) is 26.1 Å². The number of carbonyl (C=O) groups is 2. The molecule has 0 rings (SSSR count). The van der Waals surface area contributed by atoms with E-state index in [-0.39, 0.29) is 11.9 Å². The van der Waals surface area contributed by atoms with Crippen LogP contribution in [0.4, 0.5) is 0 Å². The second-order valence-electron chi connectivity index (χ2n) is 3.29. The molecule has 0 aromatic rings. The van der Waals surface area contributed by atoms with Crippen molar-refractivity contribution in [2.75, 3.05) is 27.4 Å². The molecule has 17 heavy (non-hydrogen) atoms. The largest absolute Gasteiger partial charge is 0.469 e. The van der Waals surface area contributed by atoms with Gasteiger partial charge in [0.15, 0.2) is 0 Å². The van der Waals surface area contributed by atoms with Gasteiger partial charge in [-0.15, -0.1) is 0 Å². The van der Waals surface area contributed by atoms with Gasteiger partial charge in [-0.2, -0.15) is 0 Å². The fourth-order valence-electron chi connectivity index (χ4n) is 0.780. The molecule has 0 N–H and O–H groups in total. The van der Waals surface area contributed by atoms with Crippen LogP contribution in [0.25, 0.3) is 0 Å². The fourth-order valence-corrected chi connectivity index (χ4v) is 0.780. The second-order valence-corrected chi connectivity index (χ2v) is 3.29. The number of rotatable bonds is 7. The Balaban J connectivity index is 0. The van der Waals surface area contributed by atoms with E-state index in [1.807, 2.05) is 13.8 Å². The molecule has 0 aromatic carbocycles. The van der Waals surface area contributed by atoms with E-state index in [2.05, 4.69) is 9.47 Å². The van der Waals surface area contributed by atoms with Gasteiger partial charge in [-0.3, -0.25) is 9.59 Å². The molecule has 5 heteroatoms. The first-order valence-corrected chi connectivity index (χ1v) is 5.83. The minimum absolute atomic E-state index is 0.0700. The maximum absolute atomic E-state index is 10.6. The van der Waals surface area contributed by atoms with Gasteiger partial charge in [0.2, 0.25) is 0 Å². The topological polar surface area (TPSA) is 61.8 Å². The molecule has 0 saturated heterocycles. The summed E-state index contributed by atoms with van der Waals surface area (Å²) in [6.07, 6.45) is 2.69. The lowest BCUT2D eigenvalue weighted by atomic mass is 10.3. The molecule has 5 nitrogen and oxygen atoms in total. The van der Waals surface area contributed by atoms with Crippen molar-refractivity contribution in [3.63, 3.8) is 0 Å². The van der Waals surface area contributed by atoms with Crippen molar-refractivity contribution in [1.82, 2.24) is 0 Å². The van der Waals surface area contributed by atoms with Crippen LogP contribution in [0.1, 0.15) is 39.5 Å². The number of esters is 2. The Morgan fingerprint density at radius 1 is 0.882 bits per heavy atom. The molecule has 0 amide bonds. The van der Waals surface area contributed by atoms with Crippen LogP contribution in [0.5, 0.6) is 0 Å². The lowest BCUT2D eigenvalue weighted by Gasteiger charge is -1.99. The number of methoxy groups -OCH3 is 2. The highest BCUT2D eigenvalue weighted by Gasteiger charge is 1.97. The highest BCUT2D eigenvalue weighted by molar-refractivity contribution is 5.69. The van der Waals surface area contributed by atoms with Crippen LogP contribution < -0.4 is 0 Å². The van der Waals surface area contributed by atoms with Gasteiger partial charge in [0.25, 0.3) is 0 Å². The molecule has 0 radical (unpaired) electrons. The van der Waals surface area contributed by atoms with Crippen molar-refractivity contribution >= 4 is 11.9 Å². The summed E-state index contributed by atoms with van der Waals surface area (Å²) in [5, 5.41) is 0. The van der Waals surface area contributed by atoms with Gasteiger partial charge in [0, 0.05) is 13.5 Å². The molecular weight excluding hydrogens is 224 g/mol. The molecule has 0 unspecified atom stereocenters. The third-order valence-electron chi connectivity index (χ3n) is 1.66. The van der Waals surface area contributed by atoms with Gasteiger partial charge in [-0.1, -0.05) is 13.8 Å². The van der Waals surface area contributed by atoms with Crippen molar-refractivity contribution in [2.24, 2.45) is 0 Å². The molecule has 102 valence electrons. The molecular formula is C12H24O5. The normalized spacial score (nSPS) is 8.94. The minimum atomic E-state index is -0.230. The summed E-state index contributed by atoms with van der Waals surface area (Å²) < 4.78 is 13.7. The molecule has 0 saturated carbocycles. The SMILES string of the molecule is CCCOC(=O)CCC.COCCC(=O)OC. The van der Waals surface area contributed by atoms with Crippen molar-refractivity contribution in [1.29, 1.82) is 0 Å². The second kappa shape index (κ2) is 14.9. The molecule has 0 aliphatic rings. The van der Waals surface area contributed by atoms with E-state index >= 15 is 0 Å². The maximum Gasteiger partial charge on any atom is 0.307 e. The van der Waals surface area contributed by atoms with E-state index in [1.54, 1.807) is 7.11 Å². The lowest BCUT2D eigenvalue weighted by Crippen LogP contribution is -2.03. The quantitative estimate of drug-likeness (QED) is 0.644. The summed E-state index contributed by atoms with van der Waals surface area (Å²) in [6.45, 7) is 4.96. The number of carbonyl (C=O) groups excluding carboxylic acids is 2. The van der Waals surface area contributed by atoms with Gasteiger partial charge in [0.05, 0.1) is 26.7 Å². The monoisotopic (exact) mass is 248 g/mol. The average Bonchev–Trinajstić information content (AvgIpc) is 2.34. The first kappa shape index (κ1) is 18.3. The minimum Gasteiger partial charge on any atom is -0.469 e. The van der Waals surface area contributed by atoms with Crippen LogP contribution in [-0.2, 0) is 23.8 Å². The van der Waals surface area contributed by atoms with E-state index < -0.39 is 0 Å². The molecule has 0 atom stereocenters. The Kier molecular flexibility index (Phi) is 16.0. The third-order valence-corrected chi connectivity index (χ3v) is 1.66. The zero-order chi connectivity index (χ0) is 13.5. The predicted octanol–water partition coefficient (Wildman–Crippen LogP) is 1.94. The summed E-state index contributed by atoms with van der Waals surface area (Å²) in [4.78, 5) is 20.8. The van der Waals surface area contributed by atoms with Crippen LogP contribution >= 0.6 is 0 Å². The van der Waals surface area contributed by atoms with Crippen LogP contribution in [0.3, 0.4) is 0 Å². The van der Waals surface area contributed by atoms with Crippen molar-refractivity contribution < 1.29 is 23.8 Å². The highest BCUT2D eigenvalue weighted by Crippen LogP contribution is 1.91. The summed E-state index contributed by atoms with van der Waals surface area (Å²) in [5.41, 5.74) is 0. The molecule has 0 heterocycles. The smallest absolute Gasteiger partial charge is 0.307 e. The number of hydrogen-bond donors (Lipinski definition) is 0. The summed E-state index contributed by atoms with van der Waals surface area (Å²) >= 11 is 0. The van der Waals surface area contributed by atoms with E-state index in [9.17, 15) is 9.59 Å². The Morgan fingerprint density at radius 3 is 1.94 bits per heavy atom. The van der Waals surface area contributed by atoms with Gasteiger partial charge in [-0.05, 0) is 12.8 Å². The van der Waals surface area contributed by atoms with Crippen LogP contribution in [0, 0.1) is 0 Å². The Labute approximate surface area is 103 Å². The molecule has 0 aromatic heterocycles. The summed E-state index contributed by atoms with van der Waals surface area (Å²) in [5.74, 6) is -0.300. The van der Waals surface area contributed by atoms with E-state index in [0.717, 1.165) is 12.8 Å². The average molecular weight is 248 g/mol. The number of ether oxygens (including phenoxy) is 3. The van der Waals surface area contributed by atoms with Crippen molar-refractivity contribution in [3.05, 3.63) is 0 Å². The first-order valence-electron chi connectivity index (χ1n) is 5.83. The van der Waals surface area contributed by atoms with Crippen molar-refractivity contribution in [3.8, 4) is 0 Å². The molecule has 0 bridgehead atoms. The van der Waals surface area contributed by atoms with Crippen LogP contribution in [0.2, 0.25) is 0 Å². The zero-order valence-electron chi connectivity index (χ0n) is 11.3. The first-order chi connectivity index (χ1) is 8.12. The molecule has 0 fully saturated rings. The molecule has 0 aliphatic carbocycles. The summed E-state index contributed by atoms with van der Waals surface area (Å²) in [7, 11) is 2.90. The number of hydrogen-bond acceptors (Lipinski definition) is 5. The highest BCUT2D eigenvalue weighted by atomic mass is 16.5.